The molecule has 0 aliphatic heterocycles. The van der Waals surface area contributed by atoms with E-state index in [0.29, 0.717) is 23.6 Å². The molecule has 0 aliphatic carbocycles. The van der Waals surface area contributed by atoms with E-state index in [2.05, 4.69) is 21.2 Å². The van der Waals surface area contributed by atoms with Crippen LogP contribution in [-0.4, -0.2) is 14.2 Å². The maximum Gasteiger partial charge on any atom is 0.161 e. The summed E-state index contributed by atoms with van der Waals surface area (Å²) < 4.78 is 24.7. The van der Waals surface area contributed by atoms with E-state index in [4.69, 9.17) is 9.47 Å². The fraction of sp³-hybridized carbons (Fsp3) is 0.250. The Balaban J connectivity index is 2.17. The summed E-state index contributed by atoms with van der Waals surface area (Å²) in [5, 5.41) is 3.27. The van der Waals surface area contributed by atoms with Gasteiger partial charge in [0, 0.05) is 16.7 Å². The van der Waals surface area contributed by atoms with Crippen LogP contribution in [0.1, 0.15) is 11.1 Å². The highest BCUT2D eigenvalue weighted by molar-refractivity contribution is 9.10. The maximum absolute atomic E-state index is 13.2. The number of ether oxygens (including phenoxy) is 2. The number of halogens is 2. The highest BCUT2D eigenvalue weighted by Crippen LogP contribution is 2.33. The van der Waals surface area contributed by atoms with Crippen molar-refractivity contribution in [2.45, 2.75) is 13.5 Å². The summed E-state index contributed by atoms with van der Waals surface area (Å²) in [6, 6.07) is 8.74. The number of hydrogen-bond donors (Lipinski definition) is 1. The summed E-state index contributed by atoms with van der Waals surface area (Å²) >= 11 is 3.52. The van der Waals surface area contributed by atoms with Crippen LogP contribution in [0.4, 0.5) is 10.1 Å². The molecule has 3 nitrogen and oxygen atoms in total. The van der Waals surface area contributed by atoms with E-state index >= 15 is 0 Å². The molecule has 0 aromatic heterocycles. The van der Waals surface area contributed by atoms with Crippen LogP contribution in [0.25, 0.3) is 0 Å². The molecule has 0 aliphatic rings. The van der Waals surface area contributed by atoms with E-state index in [1.165, 1.54) is 6.07 Å². The molecule has 0 bridgehead atoms. The zero-order valence-electron chi connectivity index (χ0n) is 12.2. The van der Waals surface area contributed by atoms with Crippen LogP contribution >= 0.6 is 15.9 Å². The largest absolute Gasteiger partial charge is 0.493 e. The van der Waals surface area contributed by atoms with E-state index in [0.717, 1.165) is 15.7 Å². The monoisotopic (exact) mass is 353 g/mol. The third-order valence-corrected chi connectivity index (χ3v) is 3.93. The van der Waals surface area contributed by atoms with Gasteiger partial charge in [-0.05, 0) is 48.4 Å². The molecule has 2 aromatic rings. The van der Waals surface area contributed by atoms with Crippen molar-refractivity contribution >= 4 is 21.6 Å². The van der Waals surface area contributed by atoms with Crippen molar-refractivity contribution in [1.29, 1.82) is 0 Å². The van der Waals surface area contributed by atoms with E-state index in [1.807, 2.05) is 12.1 Å². The number of hydrogen-bond acceptors (Lipinski definition) is 3. The Morgan fingerprint density at radius 1 is 1.10 bits per heavy atom. The van der Waals surface area contributed by atoms with Gasteiger partial charge in [-0.25, -0.2) is 4.39 Å². The maximum atomic E-state index is 13.2. The minimum absolute atomic E-state index is 0.201. The molecule has 0 heterocycles. The summed E-state index contributed by atoms with van der Waals surface area (Å²) in [5.41, 5.74) is 2.51. The molecule has 21 heavy (non-hydrogen) atoms. The topological polar surface area (TPSA) is 30.5 Å². The molecule has 0 atom stereocenters. The molecule has 1 N–H and O–H groups in total. The van der Waals surface area contributed by atoms with Crippen molar-refractivity contribution in [3.63, 3.8) is 0 Å². The average Bonchev–Trinajstić information content (AvgIpc) is 2.49. The molecule has 5 heteroatoms. The van der Waals surface area contributed by atoms with E-state index in [-0.39, 0.29) is 5.82 Å². The van der Waals surface area contributed by atoms with Gasteiger partial charge in [-0.15, -0.1) is 0 Å². The van der Waals surface area contributed by atoms with Crippen molar-refractivity contribution in [2.24, 2.45) is 0 Å². The first-order valence-corrected chi connectivity index (χ1v) is 7.25. The van der Waals surface area contributed by atoms with Crippen LogP contribution in [-0.2, 0) is 6.54 Å². The van der Waals surface area contributed by atoms with Gasteiger partial charge in [0.25, 0.3) is 0 Å². The fourth-order valence-corrected chi connectivity index (χ4v) is 2.45. The highest BCUT2D eigenvalue weighted by atomic mass is 79.9. The Labute approximate surface area is 132 Å². The summed E-state index contributed by atoms with van der Waals surface area (Å²) in [4.78, 5) is 0. The van der Waals surface area contributed by atoms with Gasteiger partial charge >= 0.3 is 0 Å². The lowest BCUT2D eigenvalue weighted by molar-refractivity contribution is 0.354. The van der Waals surface area contributed by atoms with Crippen molar-refractivity contribution in [2.75, 3.05) is 19.5 Å². The predicted octanol–water partition coefficient (Wildman–Crippen LogP) is 4.53. The number of rotatable bonds is 5. The Kier molecular flexibility index (Phi) is 5.07. The molecule has 0 unspecified atom stereocenters. The summed E-state index contributed by atoms with van der Waals surface area (Å²) in [7, 11) is 3.20. The predicted molar refractivity (Wildman–Crippen MR) is 85.7 cm³/mol. The third-order valence-electron chi connectivity index (χ3n) is 3.19. The molecule has 0 radical (unpaired) electrons. The number of anilines is 1. The van der Waals surface area contributed by atoms with Crippen LogP contribution in [0.2, 0.25) is 0 Å². The Hall–Kier alpha value is -1.75. The molecule has 2 rings (SSSR count). The molecule has 112 valence electrons. The number of benzene rings is 2. The minimum Gasteiger partial charge on any atom is -0.493 e. The van der Waals surface area contributed by atoms with Gasteiger partial charge in [0.05, 0.1) is 14.2 Å². The first kappa shape index (κ1) is 15.6. The second-order valence-electron chi connectivity index (χ2n) is 4.62. The van der Waals surface area contributed by atoms with E-state index in [9.17, 15) is 4.39 Å². The highest BCUT2D eigenvalue weighted by Gasteiger charge is 2.09. The van der Waals surface area contributed by atoms with Crippen LogP contribution in [0, 0.1) is 12.7 Å². The van der Waals surface area contributed by atoms with Gasteiger partial charge < -0.3 is 14.8 Å². The van der Waals surface area contributed by atoms with Gasteiger partial charge in [-0.3, -0.25) is 0 Å². The smallest absolute Gasteiger partial charge is 0.161 e. The molecule has 0 spiro atoms. The second-order valence-corrected chi connectivity index (χ2v) is 5.47. The zero-order chi connectivity index (χ0) is 15.4. The lowest BCUT2D eigenvalue weighted by Gasteiger charge is -2.13. The standard InChI is InChI=1S/C16H17BrFNO2/c1-10-6-12(4-5-14(10)18)19-9-11-7-15(20-2)16(21-3)8-13(11)17/h4-8,19H,9H2,1-3H3. The number of nitrogens with one attached hydrogen (secondary N) is 1. The molecule has 0 saturated carbocycles. The molecular formula is C16H17BrFNO2. The van der Waals surface area contributed by atoms with Crippen molar-refractivity contribution in [1.82, 2.24) is 0 Å². The summed E-state index contributed by atoms with van der Waals surface area (Å²) in [5.74, 6) is 1.14. The van der Waals surface area contributed by atoms with Gasteiger partial charge in [-0.2, -0.15) is 0 Å². The molecular weight excluding hydrogens is 337 g/mol. The number of methoxy groups -OCH3 is 2. The third kappa shape index (κ3) is 3.67. The van der Waals surface area contributed by atoms with Crippen molar-refractivity contribution in [3.05, 3.63) is 51.7 Å². The SMILES string of the molecule is COc1cc(Br)c(CNc2ccc(F)c(C)c2)cc1OC. The van der Waals surface area contributed by atoms with E-state index in [1.54, 1.807) is 33.3 Å². The average molecular weight is 354 g/mol. The Morgan fingerprint density at radius 2 is 1.76 bits per heavy atom. The van der Waals surface area contributed by atoms with Crippen LogP contribution in [0.3, 0.4) is 0 Å². The lowest BCUT2D eigenvalue weighted by atomic mass is 10.1. The van der Waals surface area contributed by atoms with Crippen molar-refractivity contribution in [3.8, 4) is 11.5 Å². The quantitative estimate of drug-likeness (QED) is 0.856. The lowest BCUT2D eigenvalue weighted by Crippen LogP contribution is -2.02. The van der Waals surface area contributed by atoms with Crippen LogP contribution in [0.15, 0.2) is 34.8 Å². The molecule has 2 aromatic carbocycles. The van der Waals surface area contributed by atoms with Gasteiger partial charge in [0.15, 0.2) is 11.5 Å². The minimum atomic E-state index is -0.201. The van der Waals surface area contributed by atoms with Crippen LogP contribution in [0.5, 0.6) is 11.5 Å². The van der Waals surface area contributed by atoms with Crippen molar-refractivity contribution < 1.29 is 13.9 Å². The van der Waals surface area contributed by atoms with E-state index < -0.39 is 0 Å². The summed E-state index contributed by atoms with van der Waals surface area (Å²) in [6.07, 6.45) is 0. The first-order valence-electron chi connectivity index (χ1n) is 6.45. The van der Waals surface area contributed by atoms with Crippen LogP contribution < -0.4 is 14.8 Å². The first-order chi connectivity index (χ1) is 10.0. The summed E-state index contributed by atoms with van der Waals surface area (Å²) in [6.45, 7) is 2.33. The molecule has 0 saturated heterocycles. The Morgan fingerprint density at radius 3 is 2.38 bits per heavy atom. The molecule has 0 amide bonds. The Bertz CT molecular complexity index is 646. The number of aryl methyl sites for hydroxylation is 1. The van der Waals surface area contributed by atoms with Gasteiger partial charge in [0.2, 0.25) is 0 Å². The second kappa shape index (κ2) is 6.80. The zero-order valence-corrected chi connectivity index (χ0v) is 13.8. The van der Waals surface area contributed by atoms with Gasteiger partial charge in [-0.1, -0.05) is 15.9 Å². The normalized spacial score (nSPS) is 10.3. The molecule has 0 fully saturated rings. The fourth-order valence-electron chi connectivity index (χ4n) is 1.98. The van der Waals surface area contributed by atoms with Gasteiger partial charge in [0.1, 0.15) is 5.82 Å².